The van der Waals surface area contributed by atoms with E-state index in [-0.39, 0.29) is 11.9 Å². The van der Waals surface area contributed by atoms with Crippen LogP contribution in [0.25, 0.3) is 0 Å². The second-order valence-corrected chi connectivity index (χ2v) is 11.8. The molecule has 1 amide bonds. The van der Waals surface area contributed by atoms with Crippen LogP contribution in [0.4, 0.5) is 30.0 Å². The summed E-state index contributed by atoms with van der Waals surface area (Å²) in [4.78, 5) is 12.6. The van der Waals surface area contributed by atoms with Crippen molar-refractivity contribution >= 4 is 22.7 Å². The zero-order chi connectivity index (χ0) is 26.6. The summed E-state index contributed by atoms with van der Waals surface area (Å²) in [5.74, 6) is 0. The molecule has 0 aromatic carbocycles. The van der Waals surface area contributed by atoms with Crippen LogP contribution in [0.3, 0.4) is 0 Å². The molecule has 204 valence electrons. The van der Waals surface area contributed by atoms with Crippen molar-refractivity contribution in [3.63, 3.8) is 0 Å². The molecule has 15 heteroatoms. The molecule has 0 fully saturated rings. The quantitative estimate of drug-likeness (QED) is 0.0878. The van der Waals surface area contributed by atoms with Gasteiger partial charge in [-0.2, -0.15) is 0 Å². The van der Waals surface area contributed by atoms with Crippen LogP contribution in [0, 0.1) is 0 Å². The van der Waals surface area contributed by atoms with E-state index >= 15 is 0 Å². The van der Waals surface area contributed by atoms with Gasteiger partial charge in [-0.1, -0.05) is 6.92 Å². The number of alkyl carbamates (subject to hydrolysis) is 1. The molecule has 0 aliphatic rings. The number of nitrogens with one attached hydrogen (secondary N) is 1. The van der Waals surface area contributed by atoms with Crippen molar-refractivity contribution in [3.8, 4) is 0 Å². The maximum absolute atomic E-state index is 12.6. The Morgan fingerprint density at radius 2 is 1.15 bits per heavy atom. The van der Waals surface area contributed by atoms with Gasteiger partial charge in [0.1, 0.15) is 5.67 Å². The first-order valence-corrected chi connectivity index (χ1v) is 14.9. The number of carbonyl (C=O) groups excluding carboxylic acids is 1. The van der Waals surface area contributed by atoms with Crippen LogP contribution < -0.4 is 5.32 Å². The predicted molar refractivity (Wildman–Crippen MR) is 119 cm³/mol. The van der Waals surface area contributed by atoms with Crippen molar-refractivity contribution in [1.29, 1.82) is 0 Å². The van der Waals surface area contributed by atoms with Crippen molar-refractivity contribution < 1.29 is 52.5 Å². The van der Waals surface area contributed by atoms with E-state index < -0.39 is 22.7 Å². The van der Waals surface area contributed by atoms with E-state index in [0.717, 1.165) is 24.1 Å². The number of quaternary nitrogens is 1. The fourth-order valence-electron chi connectivity index (χ4n) is 3.36. The molecule has 0 rings (SSSR count). The molecule has 0 aliphatic heterocycles. The Hall–Kier alpha value is -0.663. The first kappa shape index (κ1) is 34.5. The molecule has 0 heterocycles. The Morgan fingerprint density at radius 1 is 0.818 bits per heavy atom. The summed E-state index contributed by atoms with van der Waals surface area (Å²) < 4.78 is 83.4. The van der Waals surface area contributed by atoms with Crippen LogP contribution in [0.15, 0.2) is 0 Å². The van der Waals surface area contributed by atoms with Gasteiger partial charge < -0.3 is 23.3 Å². The van der Waals surface area contributed by atoms with E-state index in [1.807, 2.05) is 34.6 Å². The van der Waals surface area contributed by atoms with Crippen LogP contribution in [0.1, 0.15) is 61.8 Å². The molecular formula is C18H41F6N2O5PSi. The zero-order valence-corrected chi connectivity index (χ0v) is 22.7. The molecule has 0 aliphatic carbocycles. The van der Waals surface area contributed by atoms with E-state index in [1.165, 1.54) is 0 Å². The molecular weight excluding hydrogens is 497 g/mol. The van der Waals surface area contributed by atoms with E-state index in [1.54, 1.807) is 0 Å². The average molecular weight is 539 g/mol. The molecule has 0 saturated heterocycles. The number of hydrogen-bond acceptors (Lipinski definition) is 5. The van der Waals surface area contributed by atoms with Crippen molar-refractivity contribution in [3.05, 3.63) is 0 Å². The number of hydrogen-bond donors (Lipinski definition) is 1. The number of ether oxygens (including phenoxy) is 1. The molecule has 2 atom stereocenters. The van der Waals surface area contributed by atoms with Crippen LogP contribution >= 0.6 is 7.81 Å². The first-order chi connectivity index (χ1) is 14.8. The number of halogens is 6. The van der Waals surface area contributed by atoms with Gasteiger partial charge in [-0.15, -0.1) is 0 Å². The molecule has 0 spiro atoms. The van der Waals surface area contributed by atoms with Gasteiger partial charge in [0.15, 0.2) is 0 Å². The normalized spacial score (nSPS) is 16.5. The fraction of sp³-hybridized carbons (Fsp3) is 0.944. The minimum absolute atomic E-state index is 0.227. The van der Waals surface area contributed by atoms with Crippen LogP contribution in [0.2, 0.25) is 0 Å². The van der Waals surface area contributed by atoms with Crippen LogP contribution in [-0.4, -0.2) is 70.7 Å². The molecule has 33 heavy (non-hydrogen) atoms. The SMILES string of the molecule is CCO[Si](OCC)(OCC)C(CC)NC(=O)OC(C)[N+](CC)(CC)CC.F[P-](F)(F)(F)(F)F. The van der Waals surface area contributed by atoms with Gasteiger partial charge >= 0.3 is 47.9 Å². The molecule has 0 aromatic heterocycles. The third kappa shape index (κ3) is 15.0. The standard InChI is InChI=1S/C18H40N2O5Si.F6P/c1-9-17(26(22-13-5,23-14-6)24-15-7)19-18(21)25-16(8)20(10-2,11-3)12-4;1-7(2,3,4,5)6/h16-17H,9-15H2,1-8H3;/q;-1/p+1. The molecule has 7 nitrogen and oxygen atoms in total. The van der Waals surface area contributed by atoms with Gasteiger partial charge in [0.2, 0.25) is 6.23 Å². The molecule has 2 unspecified atom stereocenters. The Balaban J connectivity index is 0. The van der Waals surface area contributed by atoms with E-state index in [0.29, 0.717) is 26.2 Å². The van der Waals surface area contributed by atoms with Crippen LogP contribution in [-0.2, 0) is 18.0 Å². The number of nitrogens with zero attached hydrogens (tertiary/aromatic N) is 1. The minimum atomic E-state index is -10.7. The first-order valence-electron chi connectivity index (χ1n) is 11.1. The summed E-state index contributed by atoms with van der Waals surface area (Å²) in [6.07, 6.45) is -0.0292. The van der Waals surface area contributed by atoms with Gasteiger partial charge in [0.05, 0.1) is 19.6 Å². The third-order valence-corrected chi connectivity index (χ3v) is 8.58. The van der Waals surface area contributed by atoms with E-state index in [9.17, 15) is 30.0 Å². The summed E-state index contributed by atoms with van der Waals surface area (Å²) in [6, 6.07) is 0. The molecule has 0 radical (unpaired) electrons. The molecule has 0 saturated carbocycles. The van der Waals surface area contributed by atoms with E-state index in [4.69, 9.17) is 18.0 Å². The second-order valence-electron chi connectivity index (χ2n) is 7.14. The van der Waals surface area contributed by atoms with Crippen molar-refractivity contribution in [2.75, 3.05) is 39.5 Å². The summed E-state index contributed by atoms with van der Waals surface area (Å²) in [5, 5.41) is 2.95. The Morgan fingerprint density at radius 3 is 1.39 bits per heavy atom. The monoisotopic (exact) mass is 538 g/mol. The zero-order valence-electron chi connectivity index (χ0n) is 20.8. The molecule has 0 aromatic rings. The number of rotatable bonds is 14. The van der Waals surface area contributed by atoms with Crippen molar-refractivity contribution in [2.45, 2.75) is 73.7 Å². The van der Waals surface area contributed by atoms with Gasteiger partial charge in [-0.05, 0) is 48.0 Å². The maximum atomic E-state index is 12.6. The summed E-state index contributed by atoms with van der Waals surface area (Å²) in [5.41, 5.74) is -0.339. The summed E-state index contributed by atoms with van der Waals surface area (Å²) in [7, 11) is -13.7. The molecule has 1 N–H and O–H groups in total. The Kier molecular flexibility index (Phi) is 13.5. The Bertz CT molecular complexity index is 545. The van der Waals surface area contributed by atoms with E-state index in [2.05, 4.69) is 26.1 Å². The van der Waals surface area contributed by atoms with Crippen molar-refractivity contribution in [1.82, 2.24) is 5.32 Å². The topological polar surface area (TPSA) is 66.0 Å². The fourth-order valence-corrected chi connectivity index (χ4v) is 6.21. The average Bonchev–Trinajstić information content (AvgIpc) is 2.66. The number of carbonyl (C=O) groups is 1. The van der Waals surface area contributed by atoms with Crippen molar-refractivity contribution in [2.24, 2.45) is 0 Å². The van der Waals surface area contributed by atoms with Gasteiger partial charge in [0.25, 0.3) is 0 Å². The Labute approximate surface area is 194 Å². The van der Waals surface area contributed by atoms with Gasteiger partial charge in [-0.25, -0.2) is 4.79 Å². The van der Waals surface area contributed by atoms with Gasteiger partial charge in [0, 0.05) is 26.7 Å². The number of amides is 1. The summed E-state index contributed by atoms with van der Waals surface area (Å²) >= 11 is 0. The third-order valence-electron chi connectivity index (χ3n) is 5.10. The predicted octanol–water partition coefficient (Wildman–Crippen LogP) is 6.68. The van der Waals surface area contributed by atoms with Crippen LogP contribution in [0.5, 0.6) is 0 Å². The summed E-state index contributed by atoms with van der Waals surface area (Å²) in [6.45, 7) is 20.2. The second kappa shape index (κ2) is 12.9. The van der Waals surface area contributed by atoms with Gasteiger partial charge in [-0.3, -0.25) is 4.48 Å². The molecule has 0 bridgehead atoms.